The highest BCUT2D eigenvalue weighted by atomic mass is 16.5. The molecule has 23 heavy (non-hydrogen) atoms. The Hall–Kier alpha value is -1.42. The molecule has 0 N–H and O–H groups in total. The number of hydrogen-bond acceptors (Lipinski definition) is 1. The van der Waals surface area contributed by atoms with E-state index in [0.29, 0.717) is 0 Å². The van der Waals surface area contributed by atoms with Crippen LogP contribution < -0.4 is 4.74 Å². The van der Waals surface area contributed by atoms with Crippen LogP contribution in [-0.2, 0) is 0 Å². The van der Waals surface area contributed by atoms with Crippen LogP contribution in [0.3, 0.4) is 0 Å². The molecule has 0 fully saturated rings. The predicted molar refractivity (Wildman–Crippen MR) is 101 cm³/mol. The monoisotopic (exact) mass is 314 g/mol. The molecule has 0 aliphatic carbocycles. The van der Waals surface area contributed by atoms with E-state index in [4.69, 9.17) is 11.2 Å². The van der Waals surface area contributed by atoms with Crippen LogP contribution in [0.15, 0.2) is 12.1 Å². The van der Waals surface area contributed by atoms with Gasteiger partial charge in [-0.05, 0) is 43.5 Å². The van der Waals surface area contributed by atoms with E-state index in [1.165, 1.54) is 57.8 Å². The van der Waals surface area contributed by atoms with Crippen molar-refractivity contribution in [1.82, 2.24) is 0 Å². The number of ether oxygens (including phenoxy) is 1. The van der Waals surface area contributed by atoms with Gasteiger partial charge in [0.15, 0.2) is 0 Å². The topological polar surface area (TPSA) is 9.23 Å². The zero-order valence-electron chi connectivity index (χ0n) is 15.4. The molecular weight excluding hydrogens is 280 g/mol. The summed E-state index contributed by atoms with van der Waals surface area (Å²) < 4.78 is 5.97. The molecule has 0 atom stereocenters. The van der Waals surface area contributed by atoms with Gasteiger partial charge in [0.25, 0.3) is 0 Å². The van der Waals surface area contributed by atoms with Gasteiger partial charge >= 0.3 is 0 Å². The van der Waals surface area contributed by atoms with Crippen LogP contribution in [0.1, 0.15) is 87.8 Å². The molecule has 0 heterocycles. The van der Waals surface area contributed by atoms with Gasteiger partial charge in [-0.1, -0.05) is 70.6 Å². The van der Waals surface area contributed by atoms with Gasteiger partial charge in [0.05, 0.1) is 6.61 Å². The maximum atomic E-state index is 5.97. The minimum Gasteiger partial charge on any atom is -0.493 e. The standard InChI is InChI=1S/C22H34O/c1-5-7-8-9-10-11-12-13-14-15-16-23-22-19(3)17-21(6-2)18-20(22)4/h2,17-18H,5,7-16H2,1,3-4H3. The first kappa shape index (κ1) is 19.6. The fourth-order valence-electron chi connectivity index (χ4n) is 3.03. The second-order valence-electron chi connectivity index (χ2n) is 6.61. The van der Waals surface area contributed by atoms with E-state index in [9.17, 15) is 0 Å². The molecule has 1 nitrogen and oxygen atoms in total. The summed E-state index contributed by atoms with van der Waals surface area (Å²) in [4.78, 5) is 0. The third-order valence-corrected chi connectivity index (χ3v) is 4.37. The highest BCUT2D eigenvalue weighted by Gasteiger charge is 2.05. The zero-order valence-corrected chi connectivity index (χ0v) is 15.4. The van der Waals surface area contributed by atoms with Crippen molar-refractivity contribution in [2.45, 2.75) is 85.0 Å². The minimum atomic E-state index is 0.813. The van der Waals surface area contributed by atoms with E-state index in [1.807, 2.05) is 12.1 Å². The van der Waals surface area contributed by atoms with E-state index in [0.717, 1.165) is 35.5 Å². The number of benzene rings is 1. The average molecular weight is 315 g/mol. The molecule has 0 saturated carbocycles. The summed E-state index contributed by atoms with van der Waals surface area (Å²) in [5.41, 5.74) is 3.22. The summed E-state index contributed by atoms with van der Waals surface area (Å²) in [6, 6.07) is 4.06. The molecule has 0 aliphatic heterocycles. The van der Waals surface area contributed by atoms with Crippen LogP contribution >= 0.6 is 0 Å². The third-order valence-electron chi connectivity index (χ3n) is 4.37. The minimum absolute atomic E-state index is 0.813. The van der Waals surface area contributed by atoms with E-state index >= 15 is 0 Å². The van der Waals surface area contributed by atoms with Crippen molar-refractivity contribution in [1.29, 1.82) is 0 Å². The molecule has 1 rings (SSSR count). The fraction of sp³-hybridized carbons (Fsp3) is 0.636. The molecule has 0 spiro atoms. The first-order chi connectivity index (χ1) is 11.2. The van der Waals surface area contributed by atoms with Crippen LogP contribution in [0.25, 0.3) is 0 Å². The van der Waals surface area contributed by atoms with Crippen molar-refractivity contribution in [2.75, 3.05) is 6.61 Å². The van der Waals surface area contributed by atoms with Gasteiger partial charge < -0.3 is 4.74 Å². The average Bonchev–Trinajstić information content (AvgIpc) is 2.54. The molecular formula is C22H34O. The Kier molecular flexibility index (Phi) is 10.3. The number of aryl methyl sites for hydroxylation is 2. The number of terminal acetylenes is 1. The van der Waals surface area contributed by atoms with Crippen molar-refractivity contribution in [3.8, 4) is 18.1 Å². The molecule has 0 aromatic heterocycles. The Labute approximate surface area is 143 Å². The Bertz CT molecular complexity index is 458. The lowest BCUT2D eigenvalue weighted by atomic mass is 10.1. The molecule has 0 unspecified atom stereocenters. The third kappa shape index (κ3) is 8.12. The van der Waals surface area contributed by atoms with Gasteiger partial charge in [-0.2, -0.15) is 0 Å². The first-order valence-electron chi connectivity index (χ1n) is 9.39. The molecule has 0 saturated heterocycles. The Balaban J connectivity index is 2.09. The highest BCUT2D eigenvalue weighted by Crippen LogP contribution is 2.24. The van der Waals surface area contributed by atoms with Crippen molar-refractivity contribution < 1.29 is 4.74 Å². The Morgan fingerprint density at radius 2 is 1.30 bits per heavy atom. The second kappa shape index (κ2) is 12.1. The molecule has 0 amide bonds. The molecule has 0 aliphatic rings. The quantitative estimate of drug-likeness (QED) is 0.312. The maximum Gasteiger partial charge on any atom is 0.125 e. The predicted octanol–water partition coefficient (Wildman–Crippen LogP) is 6.58. The molecule has 0 bridgehead atoms. The Morgan fingerprint density at radius 1 is 0.826 bits per heavy atom. The second-order valence-corrected chi connectivity index (χ2v) is 6.61. The smallest absolute Gasteiger partial charge is 0.125 e. The maximum absolute atomic E-state index is 5.97. The lowest BCUT2D eigenvalue weighted by Crippen LogP contribution is -2.01. The number of unbranched alkanes of at least 4 members (excludes halogenated alkanes) is 9. The molecule has 1 aromatic rings. The first-order valence-corrected chi connectivity index (χ1v) is 9.39. The van der Waals surface area contributed by atoms with Crippen molar-refractivity contribution in [3.63, 3.8) is 0 Å². The van der Waals surface area contributed by atoms with Crippen LogP contribution in [0.2, 0.25) is 0 Å². The van der Waals surface area contributed by atoms with Crippen LogP contribution in [-0.4, -0.2) is 6.61 Å². The fourth-order valence-corrected chi connectivity index (χ4v) is 3.03. The number of rotatable bonds is 12. The van der Waals surface area contributed by atoms with E-state index in [1.54, 1.807) is 0 Å². The summed E-state index contributed by atoms with van der Waals surface area (Å²) in [6.07, 6.45) is 19.0. The lowest BCUT2D eigenvalue weighted by molar-refractivity contribution is 0.300. The SMILES string of the molecule is C#Cc1cc(C)c(OCCCCCCCCCCCC)c(C)c1. The van der Waals surface area contributed by atoms with Crippen LogP contribution in [0.4, 0.5) is 0 Å². The van der Waals surface area contributed by atoms with Crippen molar-refractivity contribution >= 4 is 0 Å². The van der Waals surface area contributed by atoms with Crippen LogP contribution in [0.5, 0.6) is 5.75 Å². The van der Waals surface area contributed by atoms with Gasteiger partial charge in [-0.15, -0.1) is 6.42 Å². The van der Waals surface area contributed by atoms with Gasteiger partial charge in [0.1, 0.15) is 5.75 Å². The van der Waals surface area contributed by atoms with Crippen LogP contribution in [0, 0.1) is 26.2 Å². The molecule has 0 radical (unpaired) electrons. The van der Waals surface area contributed by atoms with Crippen molar-refractivity contribution in [3.05, 3.63) is 28.8 Å². The number of hydrogen-bond donors (Lipinski definition) is 0. The molecule has 1 heteroatoms. The summed E-state index contributed by atoms with van der Waals surface area (Å²) in [7, 11) is 0. The zero-order chi connectivity index (χ0) is 16.9. The summed E-state index contributed by atoms with van der Waals surface area (Å²) in [5, 5.41) is 0. The lowest BCUT2D eigenvalue weighted by Gasteiger charge is -2.12. The summed E-state index contributed by atoms with van der Waals surface area (Å²) >= 11 is 0. The normalized spacial score (nSPS) is 10.5. The Morgan fingerprint density at radius 3 is 1.78 bits per heavy atom. The highest BCUT2D eigenvalue weighted by molar-refractivity contribution is 5.48. The van der Waals surface area contributed by atoms with Gasteiger partial charge in [0, 0.05) is 5.56 Å². The summed E-state index contributed by atoms with van der Waals surface area (Å²) in [6.45, 7) is 7.23. The van der Waals surface area contributed by atoms with Gasteiger partial charge in [0.2, 0.25) is 0 Å². The summed E-state index contributed by atoms with van der Waals surface area (Å²) in [5.74, 6) is 3.71. The van der Waals surface area contributed by atoms with E-state index in [-0.39, 0.29) is 0 Å². The van der Waals surface area contributed by atoms with Gasteiger partial charge in [-0.25, -0.2) is 0 Å². The molecule has 1 aromatic carbocycles. The van der Waals surface area contributed by atoms with Gasteiger partial charge in [-0.3, -0.25) is 0 Å². The van der Waals surface area contributed by atoms with E-state index < -0.39 is 0 Å². The largest absolute Gasteiger partial charge is 0.493 e. The van der Waals surface area contributed by atoms with E-state index in [2.05, 4.69) is 26.7 Å². The van der Waals surface area contributed by atoms with Crippen molar-refractivity contribution in [2.24, 2.45) is 0 Å². The molecule has 128 valence electrons.